The highest BCUT2D eigenvalue weighted by atomic mass is 19.4. The first-order chi connectivity index (χ1) is 19.0. The summed E-state index contributed by atoms with van der Waals surface area (Å²) < 4.78 is 54.4. The quantitative estimate of drug-likeness (QED) is 0.286. The van der Waals surface area contributed by atoms with Gasteiger partial charge < -0.3 is 26.0 Å². The predicted octanol–water partition coefficient (Wildman–Crippen LogP) is 5.79. The second kappa shape index (κ2) is 12.4. The highest BCUT2D eigenvalue weighted by Gasteiger charge is 2.44. The van der Waals surface area contributed by atoms with Crippen LogP contribution in [-0.2, 0) is 4.79 Å². The molecule has 1 unspecified atom stereocenters. The lowest BCUT2D eigenvalue weighted by molar-refractivity contribution is -0.198. The van der Waals surface area contributed by atoms with E-state index < -0.39 is 24.3 Å². The molecule has 1 aromatic heterocycles. The van der Waals surface area contributed by atoms with Crippen LogP contribution < -0.4 is 20.9 Å². The van der Waals surface area contributed by atoms with Crippen LogP contribution in [0.4, 0.5) is 19.1 Å². The number of hydrogen-bond donors (Lipinski definition) is 3. The zero-order valence-corrected chi connectivity index (χ0v) is 21.9. The Morgan fingerprint density at radius 3 is 2.60 bits per heavy atom. The molecule has 0 bridgehead atoms. The Balaban J connectivity index is 1.63. The average molecular weight is 557 g/mol. The molecule has 0 radical (unpaired) electrons. The minimum Gasteiger partial charge on any atom is -0.494 e. The van der Waals surface area contributed by atoms with Crippen LogP contribution in [0, 0.1) is 5.92 Å². The zero-order chi connectivity index (χ0) is 28.9. The Kier molecular flexibility index (Phi) is 8.93. The third kappa shape index (κ3) is 7.09. The fourth-order valence-electron chi connectivity index (χ4n) is 4.80. The van der Waals surface area contributed by atoms with E-state index in [1.807, 2.05) is 13.0 Å². The number of halogens is 3. The number of anilines is 1. The second-order valence-electron chi connectivity index (χ2n) is 9.59. The molecule has 2 aromatic carbocycles. The molecule has 11 heteroatoms. The summed E-state index contributed by atoms with van der Waals surface area (Å²) in [6, 6.07) is 13.4. The fraction of sp³-hybridized carbons (Fsp3) is 0.345. The molecule has 3 aromatic rings. The molecule has 212 valence electrons. The van der Waals surface area contributed by atoms with Crippen LogP contribution >= 0.6 is 0 Å². The Labute approximate surface area is 229 Å². The number of rotatable bonds is 10. The van der Waals surface area contributed by atoms with Gasteiger partial charge >= 0.3 is 12.1 Å². The highest BCUT2D eigenvalue weighted by molar-refractivity contribution is 5.73. The first kappa shape index (κ1) is 28.9. The Bertz CT molecular complexity index is 1380. The van der Waals surface area contributed by atoms with Gasteiger partial charge in [-0.1, -0.05) is 42.5 Å². The van der Waals surface area contributed by atoms with Gasteiger partial charge in [0.05, 0.1) is 12.3 Å². The van der Waals surface area contributed by atoms with Gasteiger partial charge in [-0.25, -0.2) is 4.98 Å². The molecule has 5 N–H and O–H groups in total. The van der Waals surface area contributed by atoms with Crippen LogP contribution in [-0.4, -0.2) is 39.9 Å². The van der Waals surface area contributed by atoms with Gasteiger partial charge in [-0.15, -0.1) is 0 Å². The van der Waals surface area contributed by atoms with Crippen molar-refractivity contribution in [1.82, 2.24) is 9.97 Å². The molecule has 0 fully saturated rings. The molecular weight excluding hydrogens is 525 g/mol. The van der Waals surface area contributed by atoms with E-state index in [0.717, 1.165) is 5.57 Å². The van der Waals surface area contributed by atoms with Crippen molar-refractivity contribution in [2.24, 2.45) is 11.7 Å². The van der Waals surface area contributed by atoms with E-state index in [4.69, 9.17) is 26.0 Å². The van der Waals surface area contributed by atoms with Crippen molar-refractivity contribution in [3.8, 4) is 22.8 Å². The number of alkyl halides is 3. The summed E-state index contributed by atoms with van der Waals surface area (Å²) in [5, 5.41) is 9.06. The number of nitrogen functional groups attached to an aromatic ring is 1. The molecular formula is C29H31F3N4O4. The van der Waals surface area contributed by atoms with Gasteiger partial charge in [0.25, 0.3) is 0 Å². The largest absolute Gasteiger partial charge is 0.494 e. The third-order valence-electron chi connectivity index (χ3n) is 6.71. The summed E-state index contributed by atoms with van der Waals surface area (Å²) in [6.45, 7) is 2.25. The highest BCUT2D eigenvalue weighted by Crippen LogP contribution is 2.42. The topological polar surface area (TPSA) is 134 Å². The van der Waals surface area contributed by atoms with Crippen LogP contribution in [0.2, 0.25) is 0 Å². The van der Waals surface area contributed by atoms with Crippen LogP contribution in [0.3, 0.4) is 0 Å². The SMILES string of the molecule is CCOc1cccc(-c2ccccc2[C@@H](Oc2cc(C3=CCC(C[C@H](N)C(=O)O)CC3)nc(N)n2)C(F)(F)F)c1. The van der Waals surface area contributed by atoms with Crippen molar-refractivity contribution >= 4 is 17.5 Å². The van der Waals surface area contributed by atoms with Crippen molar-refractivity contribution in [3.63, 3.8) is 0 Å². The molecule has 1 aliphatic carbocycles. The van der Waals surface area contributed by atoms with Crippen LogP contribution in [0.5, 0.6) is 11.6 Å². The maximum atomic E-state index is 14.5. The van der Waals surface area contributed by atoms with Gasteiger partial charge in [-0.3, -0.25) is 4.79 Å². The molecule has 0 saturated heterocycles. The van der Waals surface area contributed by atoms with Crippen molar-refractivity contribution in [2.75, 3.05) is 12.3 Å². The summed E-state index contributed by atoms with van der Waals surface area (Å²) in [5.41, 5.74) is 13.5. The number of aliphatic carboxylic acids is 1. The second-order valence-corrected chi connectivity index (χ2v) is 9.59. The van der Waals surface area contributed by atoms with E-state index in [0.29, 0.717) is 54.9 Å². The first-order valence-electron chi connectivity index (χ1n) is 12.9. The van der Waals surface area contributed by atoms with Gasteiger partial charge in [0, 0.05) is 11.6 Å². The summed E-state index contributed by atoms with van der Waals surface area (Å²) >= 11 is 0. The van der Waals surface area contributed by atoms with Crippen LogP contribution in [0.1, 0.15) is 50.0 Å². The van der Waals surface area contributed by atoms with E-state index in [-0.39, 0.29) is 23.3 Å². The lowest BCUT2D eigenvalue weighted by atomic mass is 9.84. The number of hydrogen-bond acceptors (Lipinski definition) is 7. The average Bonchev–Trinajstić information content (AvgIpc) is 2.91. The van der Waals surface area contributed by atoms with E-state index >= 15 is 0 Å². The third-order valence-corrected chi connectivity index (χ3v) is 6.71. The monoisotopic (exact) mass is 556 g/mol. The van der Waals surface area contributed by atoms with E-state index in [1.165, 1.54) is 18.2 Å². The molecule has 3 atom stereocenters. The molecule has 40 heavy (non-hydrogen) atoms. The number of nitrogens with two attached hydrogens (primary N) is 2. The predicted molar refractivity (Wildman–Crippen MR) is 144 cm³/mol. The van der Waals surface area contributed by atoms with E-state index in [2.05, 4.69) is 9.97 Å². The summed E-state index contributed by atoms with van der Waals surface area (Å²) in [4.78, 5) is 19.2. The molecule has 0 aliphatic heterocycles. The number of aromatic nitrogens is 2. The van der Waals surface area contributed by atoms with Gasteiger partial charge in [-0.05, 0) is 67.4 Å². The summed E-state index contributed by atoms with van der Waals surface area (Å²) in [6.07, 6.45) is -3.12. The molecule has 1 heterocycles. The minimum absolute atomic E-state index is 0.0806. The summed E-state index contributed by atoms with van der Waals surface area (Å²) in [7, 11) is 0. The minimum atomic E-state index is -4.77. The standard InChI is InChI=1S/C29H31F3N4O4/c1-2-39-20-7-5-6-19(15-20)21-8-3-4-9-22(21)26(29(30,31)32)40-25-16-24(35-28(34)36-25)18-12-10-17(11-13-18)14-23(33)27(37)38/h3-9,12,15-17,23,26H,2,10-11,13-14,33H2,1H3,(H,37,38)(H2,34,35,36)/t17?,23-,26+/m0/s1. The molecule has 4 rings (SSSR count). The smallest absolute Gasteiger partial charge is 0.429 e. The molecule has 8 nitrogen and oxygen atoms in total. The Hall–Kier alpha value is -4.12. The van der Waals surface area contributed by atoms with Gasteiger partial charge in [0.15, 0.2) is 0 Å². The number of nitrogens with zero attached hydrogens (tertiary/aromatic N) is 2. The number of carboxylic acids is 1. The molecule has 0 saturated carbocycles. The number of carbonyl (C=O) groups is 1. The van der Waals surface area contributed by atoms with Gasteiger partial charge in [0.1, 0.15) is 11.8 Å². The Morgan fingerprint density at radius 2 is 1.93 bits per heavy atom. The number of benzene rings is 2. The first-order valence-corrected chi connectivity index (χ1v) is 12.9. The molecule has 0 amide bonds. The lowest BCUT2D eigenvalue weighted by Gasteiger charge is -2.25. The van der Waals surface area contributed by atoms with Crippen molar-refractivity contribution in [3.05, 3.63) is 71.9 Å². The van der Waals surface area contributed by atoms with Gasteiger partial charge in [0.2, 0.25) is 17.9 Å². The zero-order valence-electron chi connectivity index (χ0n) is 21.9. The Morgan fingerprint density at radius 1 is 1.15 bits per heavy atom. The number of ether oxygens (including phenoxy) is 2. The van der Waals surface area contributed by atoms with Gasteiger partial charge in [-0.2, -0.15) is 18.2 Å². The number of allylic oxidation sites excluding steroid dienone is 2. The summed E-state index contributed by atoms with van der Waals surface area (Å²) in [5.74, 6) is -0.957. The fourth-order valence-corrected chi connectivity index (χ4v) is 4.80. The number of carboxylic acid groups (broad SMARTS) is 1. The van der Waals surface area contributed by atoms with E-state index in [1.54, 1.807) is 36.4 Å². The van der Waals surface area contributed by atoms with Crippen LogP contribution in [0.15, 0.2) is 60.7 Å². The normalized spacial score (nSPS) is 17.0. The maximum absolute atomic E-state index is 14.5. The van der Waals surface area contributed by atoms with Crippen molar-refractivity contribution in [2.45, 2.75) is 50.9 Å². The maximum Gasteiger partial charge on any atom is 0.429 e. The van der Waals surface area contributed by atoms with E-state index in [9.17, 15) is 18.0 Å². The lowest BCUT2D eigenvalue weighted by Crippen LogP contribution is -2.32. The van der Waals surface area contributed by atoms with Crippen molar-refractivity contribution in [1.29, 1.82) is 0 Å². The molecule has 0 spiro atoms. The van der Waals surface area contributed by atoms with Crippen molar-refractivity contribution < 1.29 is 32.5 Å². The van der Waals surface area contributed by atoms with Crippen LogP contribution in [0.25, 0.3) is 16.7 Å². The molecule has 1 aliphatic rings.